The monoisotopic (exact) mass is 415 g/mol. The van der Waals surface area contributed by atoms with Gasteiger partial charge in [-0.1, -0.05) is 18.2 Å². The van der Waals surface area contributed by atoms with Crippen LogP contribution in [0.1, 0.15) is 10.4 Å². The molecule has 12 heteroatoms. The Morgan fingerprint density at radius 1 is 1.15 bits per heavy atom. The van der Waals surface area contributed by atoms with Crippen molar-refractivity contribution in [1.29, 1.82) is 0 Å². The fraction of sp³-hybridized carbons (Fsp3) is 0. The number of benzene rings is 2. The number of nitrogens with zero attached hydrogens (tertiary/aromatic N) is 4. The minimum Gasteiger partial charge on any atom is -0.744 e. The second-order valence-corrected chi connectivity index (χ2v) is 6.59. The molecule has 0 saturated heterocycles. The summed E-state index contributed by atoms with van der Waals surface area (Å²) in [6, 6.07) is 11.7. The van der Waals surface area contributed by atoms with Crippen molar-refractivity contribution >= 4 is 34.3 Å². The van der Waals surface area contributed by atoms with Crippen molar-refractivity contribution < 1.29 is 69.1 Å². The van der Waals surface area contributed by atoms with Crippen LogP contribution in [0.2, 0.25) is 0 Å². The maximum atomic E-state index is 12.4. The molecule has 3 aromatic rings. The molecule has 0 aliphatic rings. The van der Waals surface area contributed by atoms with Gasteiger partial charge in [0.15, 0.2) is 0 Å². The van der Waals surface area contributed by atoms with E-state index in [1.165, 1.54) is 22.9 Å². The molecule has 0 atom stereocenters. The van der Waals surface area contributed by atoms with Gasteiger partial charge in [0.2, 0.25) is 5.16 Å². The number of tetrazole rings is 1. The molecular formula is C14H10KN5O4S2. The Morgan fingerprint density at radius 3 is 2.54 bits per heavy atom. The normalized spacial score (nSPS) is 10.8. The van der Waals surface area contributed by atoms with Crippen molar-refractivity contribution in [1.82, 2.24) is 20.2 Å². The van der Waals surface area contributed by atoms with Gasteiger partial charge < -0.3 is 9.87 Å². The second-order valence-electron chi connectivity index (χ2n) is 4.85. The van der Waals surface area contributed by atoms with Crippen LogP contribution in [0.4, 0.5) is 5.69 Å². The molecule has 0 spiro atoms. The molecule has 26 heavy (non-hydrogen) atoms. The van der Waals surface area contributed by atoms with E-state index in [1.54, 1.807) is 24.3 Å². The molecular weight excluding hydrogens is 405 g/mol. The van der Waals surface area contributed by atoms with Gasteiger partial charge in [-0.05, 0) is 40.8 Å². The van der Waals surface area contributed by atoms with E-state index >= 15 is 0 Å². The van der Waals surface area contributed by atoms with Gasteiger partial charge in [0.1, 0.15) is 10.1 Å². The summed E-state index contributed by atoms with van der Waals surface area (Å²) >= 11 is 4.10. The molecule has 0 unspecified atom stereocenters. The molecule has 1 heterocycles. The van der Waals surface area contributed by atoms with E-state index in [0.717, 1.165) is 6.07 Å². The zero-order valence-corrected chi connectivity index (χ0v) is 18.2. The van der Waals surface area contributed by atoms with E-state index in [1.807, 2.05) is 0 Å². The van der Waals surface area contributed by atoms with E-state index in [-0.39, 0.29) is 62.1 Å². The summed E-state index contributed by atoms with van der Waals surface area (Å²) in [5, 5.41) is 13.7. The van der Waals surface area contributed by atoms with Gasteiger partial charge in [0, 0.05) is 5.69 Å². The van der Waals surface area contributed by atoms with Crippen molar-refractivity contribution in [3.05, 3.63) is 54.1 Å². The van der Waals surface area contributed by atoms with Gasteiger partial charge in [0.05, 0.1) is 16.1 Å². The Morgan fingerprint density at radius 2 is 1.88 bits per heavy atom. The van der Waals surface area contributed by atoms with Crippen LogP contribution in [0.15, 0.2) is 58.6 Å². The van der Waals surface area contributed by atoms with E-state index in [9.17, 15) is 17.8 Å². The molecule has 3 rings (SSSR count). The minimum absolute atomic E-state index is 0. The van der Waals surface area contributed by atoms with Gasteiger partial charge >= 0.3 is 51.4 Å². The number of nitrogens with one attached hydrogen (secondary N) is 1. The first kappa shape index (κ1) is 21.2. The van der Waals surface area contributed by atoms with Gasteiger partial charge in [-0.15, -0.1) is 17.7 Å². The number of carbonyl (C=O) groups is 1. The zero-order valence-electron chi connectivity index (χ0n) is 13.4. The summed E-state index contributed by atoms with van der Waals surface area (Å²) in [5.74, 6) is -0.727. The predicted octanol–water partition coefficient (Wildman–Crippen LogP) is -1.89. The Bertz CT molecular complexity index is 1050. The molecule has 1 amide bonds. The third-order valence-electron chi connectivity index (χ3n) is 3.20. The summed E-state index contributed by atoms with van der Waals surface area (Å²) in [4.78, 5) is 11.8. The number of amides is 1. The van der Waals surface area contributed by atoms with Gasteiger partial charge in [0.25, 0.3) is 5.91 Å². The van der Waals surface area contributed by atoms with E-state index in [2.05, 4.69) is 33.5 Å². The first-order chi connectivity index (χ1) is 11.9. The zero-order chi connectivity index (χ0) is 18.0. The van der Waals surface area contributed by atoms with E-state index in [0.29, 0.717) is 11.4 Å². The van der Waals surface area contributed by atoms with Crippen LogP contribution in [0, 0.1) is 0 Å². The standard InChI is InChI=1S/C14H11N5O4S2.K/c20-13(11-6-1-2-7-12(11)25(21,22)23)15-9-4-3-5-10(8-9)19-14(24)16-17-18-19;/h1-8H,(H,15,20)(H,16,18,24)(H,21,22,23);/q;+1/p-1. The molecule has 0 bridgehead atoms. The van der Waals surface area contributed by atoms with Crippen LogP contribution in [0.25, 0.3) is 5.69 Å². The van der Waals surface area contributed by atoms with Crippen LogP contribution >= 0.6 is 12.6 Å². The van der Waals surface area contributed by atoms with Crippen LogP contribution in [-0.4, -0.2) is 39.1 Å². The molecule has 1 aromatic heterocycles. The molecule has 128 valence electrons. The van der Waals surface area contributed by atoms with E-state index < -0.39 is 20.9 Å². The summed E-state index contributed by atoms with van der Waals surface area (Å²) in [7, 11) is -4.77. The summed E-state index contributed by atoms with van der Waals surface area (Å²) < 4.78 is 35.2. The van der Waals surface area contributed by atoms with E-state index in [4.69, 9.17) is 0 Å². The Balaban J connectivity index is 0.00000243. The van der Waals surface area contributed by atoms with Gasteiger partial charge in [-0.25, -0.2) is 8.42 Å². The molecule has 0 saturated carbocycles. The van der Waals surface area contributed by atoms with Crippen molar-refractivity contribution in [3.63, 3.8) is 0 Å². The average molecular weight is 415 g/mol. The third kappa shape index (κ3) is 4.78. The summed E-state index contributed by atoms with van der Waals surface area (Å²) in [6.07, 6.45) is 0. The SMILES string of the molecule is O=C(Nc1cccc(-n2nnnc2S)c1)c1ccccc1S(=O)(=O)[O-].[K+]. The van der Waals surface area contributed by atoms with Crippen LogP contribution in [0.3, 0.4) is 0 Å². The fourth-order valence-electron chi connectivity index (χ4n) is 2.14. The molecule has 1 N–H and O–H groups in total. The number of aromatic nitrogens is 4. The van der Waals surface area contributed by atoms with Crippen molar-refractivity contribution in [3.8, 4) is 5.69 Å². The smallest absolute Gasteiger partial charge is 0.744 e. The summed E-state index contributed by atoms with van der Waals surface area (Å²) in [5.41, 5.74) is 0.668. The van der Waals surface area contributed by atoms with Crippen molar-refractivity contribution in [2.24, 2.45) is 0 Å². The minimum atomic E-state index is -4.77. The van der Waals surface area contributed by atoms with Crippen molar-refractivity contribution in [2.45, 2.75) is 10.1 Å². The van der Waals surface area contributed by atoms with Crippen LogP contribution < -0.4 is 56.7 Å². The molecule has 2 aromatic carbocycles. The van der Waals surface area contributed by atoms with Gasteiger partial charge in [-0.2, -0.15) is 4.68 Å². The molecule has 0 radical (unpaired) electrons. The Labute approximate surface area is 196 Å². The third-order valence-corrected chi connectivity index (χ3v) is 4.38. The average Bonchev–Trinajstić information content (AvgIpc) is 3.00. The number of rotatable bonds is 4. The van der Waals surface area contributed by atoms with Crippen molar-refractivity contribution in [2.75, 3.05) is 5.32 Å². The number of hydrogen-bond acceptors (Lipinski definition) is 8. The molecule has 0 aliphatic carbocycles. The van der Waals surface area contributed by atoms with Crippen LogP contribution in [0.5, 0.6) is 0 Å². The van der Waals surface area contributed by atoms with Gasteiger partial charge in [-0.3, -0.25) is 4.79 Å². The predicted molar refractivity (Wildman–Crippen MR) is 88.8 cm³/mol. The quantitative estimate of drug-likeness (QED) is 0.289. The van der Waals surface area contributed by atoms with Crippen LogP contribution in [-0.2, 0) is 10.1 Å². The number of hydrogen-bond donors (Lipinski definition) is 2. The molecule has 9 nitrogen and oxygen atoms in total. The molecule has 0 fully saturated rings. The Hall–Kier alpha value is -1.12. The Kier molecular flexibility index (Phi) is 7.09. The first-order valence-electron chi connectivity index (χ1n) is 6.80. The first-order valence-corrected chi connectivity index (χ1v) is 8.66. The topological polar surface area (TPSA) is 130 Å². The fourth-order valence-corrected chi connectivity index (χ4v) is 3.01. The number of thiol groups is 1. The number of carbonyl (C=O) groups excluding carboxylic acids is 1. The largest absolute Gasteiger partial charge is 1.00 e. The second kappa shape index (κ2) is 8.71. The number of anilines is 1. The summed E-state index contributed by atoms with van der Waals surface area (Å²) in [6.45, 7) is 0. The molecule has 0 aliphatic heterocycles. The maximum absolute atomic E-state index is 12.4. The maximum Gasteiger partial charge on any atom is 1.00 e.